The zero-order valence-electron chi connectivity index (χ0n) is 13.3. The Bertz CT molecular complexity index is 543. The van der Waals surface area contributed by atoms with E-state index in [-0.39, 0.29) is 18.3 Å². The van der Waals surface area contributed by atoms with Gasteiger partial charge < -0.3 is 24.1 Å². The van der Waals surface area contributed by atoms with E-state index in [0.29, 0.717) is 6.61 Å². The first-order chi connectivity index (χ1) is 11.0. The summed E-state index contributed by atoms with van der Waals surface area (Å²) in [6.45, 7) is 3.52. The predicted molar refractivity (Wildman–Crippen MR) is 80.4 cm³/mol. The fourth-order valence-electron chi connectivity index (χ4n) is 2.97. The fraction of sp³-hybridized carbons (Fsp3) is 0.588. The van der Waals surface area contributed by atoms with E-state index in [9.17, 15) is 4.79 Å². The standard InChI is InChI=1S/C17H22O6/c1-17(2)22-15-14(20-10-11-6-4-3-5-7-11)13(8-12(19)9-18)21-16(15)23-17/h3-7,13-16,18H,8-10H2,1-2H3/t13-,14+,15-,16-/m1/s1. The summed E-state index contributed by atoms with van der Waals surface area (Å²) in [5.41, 5.74) is 1.03. The summed E-state index contributed by atoms with van der Waals surface area (Å²) in [5.74, 6) is -1.03. The molecule has 2 fully saturated rings. The number of Topliss-reactive ketones (excluding diaryl/α,β-unsaturated/α-hetero) is 1. The van der Waals surface area contributed by atoms with Crippen LogP contribution in [0.15, 0.2) is 30.3 Å². The number of hydrogen-bond donors (Lipinski definition) is 1. The predicted octanol–water partition coefficient (Wildman–Crippen LogP) is 1.40. The number of rotatable bonds is 6. The zero-order valence-corrected chi connectivity index (χ0v) is 13.3. The molecule has 0 bridgehead atoms. The van der Waals surface area contributed by atoms with Crippen LogP contribution in [0.5, 0.6) is 0 Å². The Morgan fingerprint density at radius 2 is 2.00 bits per heavy atom. The maximum Gasteiger partial charge on any atom is 0.190 e. The van der Waals surface area contributed by atoms with Crippen molar-refractivity contribution < 1.29 is 28.8 Å². The summed E-state index contributed by atoms with van der Waals surface area (Å²) < 4.78 is 23.4. The summed E-state index contributed by atoms with van der Waals surface area (Å²) in [4.78, 5) is 11.6. The Morgan fingerprint density at radius 1 is 1.26 bits per heavy atom. The first-order valence-corrected chi connectivity index (χ1v) is 7.78. The molecule has 1 aromatic carbocycles. The molecular weight excluding hydrogens is 300 g/mol. The van der Waals surface area contributed by atoms with Crippen molar-refractivity contribution in [2.45, 2.75) is 57.3 Å². The first kappa shape index (κ1) is 16.5. The van der Waals surface area contributed by atoms with Crippen molar-refractivity contribution in [3.63, 3.8) is 0 Å². The molecule has 0 aromatic heterocycles. The molecule has 0 unspecified atom stereocenters. The molecule has 2 aliphatic rings. The number of carbonyl (C=O) groups is 1. The van der Waals surface area contributed by atoms with Gasteiger partial charge in [0.15, 0.2) is 17.9 Å². The molecule has 0 radical (unpaired) electrons. The van der Waals surface area contributed by atoms with Crippen molar-refractivity contribution in [2.24, 2.45) is 0 Å². The van der Waals surface area contributed by atoms with Crippen molar-refractivity contribution in [2.75, 3.05) is 6.61 Å². The Labute approximate surface area is 135 Å². The van der Waals surface area contributed by atoms with Gasteiger partial charge in [0.2, 0.25) is 0 Å². The van der Waals surface area contributed by atoms with Crippen LogP contribution in [0, 0.1) is 0 Å². The number of hydrogen-bond acceptors (Lipinski definition) is 6. The molecule has 3 rings (SSSR count). The molecule has 1 aromatic rings. The number of ether oxygens (including phenoxy) is 4. The van der Waals surface area contributed by atoms with Gasteiger partial charge in [-0.15, -0.1) is 0 Å². The summed E-state index contributed by atoms with van der Waals surface area (Å²) in [6, 6.07) is 9.76. The Balaban J connectivity index is 1.69. The molecule has 0 spiro atoms. The monoisotopic (exact) mass is 322 g/mol. The summed E-state index contributed by atoms with van der Waals surface area (Å²) in [6.07, 6.45) is -1.76. The van der Waals surface area contributed by atoms with Crippen molar-refractivity contribution in [3.8, 4) is 0 Å². The topological polar surface area (TPSA) is 74.2 Å². The van der Waals surface area contributed by atoms with Gasteiger partial charge in [-0.2, -0.15) is 0 Å². The third-order valence-corrected chi connectivity index (χ3v) is 3.98. The molecule has 6 nitrogen and oxygen atoms in total. The lowest BCUT2D eigenvalue weighted by Gasteiger charge is -2.25. The highest BCUT2D eigenvalue weighted by molar-refractivity contribution is 5.80. The molecule has 126 valence electrons. The van der Waals surface area contributed by atoms with Crippen LogP contribution in [0.3, 0.4) is 0 Å². The van der Waals surface area contributed by atoms with E-state index < -0.39 is 30.9 Å². The van der Waals surface area contributed by atoms with Gasteiger partial charge in [-0.25, -0.2) is 0 Å². The van der Waals surface area contributed by atoms with Crippen molar-refractivity contribution in [1.29, 1.82) is 0 Å². The van der Waals surface area contributed by atoms with E-state index in [1.54, 1.807) is 0 Å². The second-order valence-corrected chi connectivity index (χ2v) is 6.31. The van der Waals surface area contributed by atoms with Gasteiger partial charge >= 0.3 is 0 Å². The number of carbonyl (C=O) groups excluding carboxylic acids is 1. The van der Waals surface area contributed by atoms with Gasteiger partial charge in [-0.3, -0.25) is 4.79 Å². The summed E-state index contributed by atoms with van der Waals surface area (Å²) in [5, 5.41) is 8.97. The number of benzene rings is 1. The number of aliphatic hydroxyl groups excluding tert-OH is 1. The maximum absolute atomic E-state index is 11.6. The Kier molecular flexibility index (Phi) is 4.79. The quantitative estimate of drug-likeness (QED) is 0.853. The van der Waals surface area contributed by atoms with E-state index >= 15 is 0 Å². The molecule has 2 aliphatic heterocycles. The lowest BCUT2D eigenvalue weighted by atomic mass is 10.1. The molecule has 0 aliphatic carbocycles. The lowest BCUT2D eigenvalue weighted by Crippen LogP contribution is -2.38. The maximum atomic E-state index is 11.6. The van der Waals surface area contributed by atoms with E-state index in [2.05, 4.69) is 0 Å². The first-order valence-electron chi connectivity index (χ1n) is 7.78. The lowest BCUT2D eigenvalue weighted by molar-refractivity contribution is -0.219. The highest BCUT2D eigenvalue weighted by Crippen LogP contribution is 2.39. The molecule has 2 saturated heterocycles. The average molecular weight is 322 g/mol. The van der Waals surface area contributed by atoms with Gasteiger partial charge in [0.25, 0.3) is 0 Å². The number of fused-ring (bicyclic) bond motifs is 1. The summed E-state index contributed by atoms with van der Waals surface area (Å²) >= 11 is 0. The Hall–Kier alpha value is -1.31. The minimum atomic E-state index is -0.740. The van der Waals surface area contributed by atoms with E-state index in [4.69, 9.17) is 24.1 Å². The Morgan fingerprint density at radius 3 is 2.70 bits per heavy atom. The number of ketones is 1. The van der Waals surface area contributed by atoms with Crippen molar-refractivity contribution >= 4 is 5.78 Å². The molecule has 23 heavy (non-hydrogen) atoms. The van der Waals surface area contributed by atoms with E-state index in [1.165, 1.54) is 0 Å². The second kappa shape index (κ2) is 6.67. The van der Waals surface area contributed by atoms with Gasteiger partial charge in [0, 0.05) is 6.42 Å². The smallest absolute Gasteiger partial charge is 0.190 e. The molecule has 2 heterocycles. The zero-order chi connectivity index (χ0) is 16.4. The van der Waals surface area contributed by atoms with Crippen LogP contribution >= 0.6 is 0 Å². The van der Waals surface area contributed by atoms with E-state index in [1.807, 2.05) is 44.2 Å². The van der Waals surface area contributed by atoms with Gasteiger partial charge in [-0.05, 0) is 19.4 Å². The van der Waals surface area contributed by atoms with Crippen LogP contribution < -0.4 is 0 Å². The molecule has 6 heteroatoms. The highest BCUT2D eigenvalue weighted by atomic mass is 16.8. The van der Waals surface area contributed by atoms with Crippen LogP contribution in [0.4, 0.5) is 0 Å². The largest absolute Gasteiger partial charge is 0.389 e. The molecule has 4 atom stereocenters. The number of aliphatic hydroxyl groups is 1. The van der Waals surface area contributed by atoms with Crippen LogP contribution in [0.2, 0.25) is 0 Å². The minimum absolute atomic E-state index is 0.0795. The van der Waals surface area contributed by atoms with Crippen LogP contribution in [-0.2, 0) is 30.3 Å². The molecule has 1 N–H and O–H groups in total. The molecule has 0 amide bonds. The van der Waals surface area contributed by atoms with Crippen molar-refractivity contribution in [3.05, 3.63) is 35.9 Å². The van der Waals surface area contributed by atoms with Crippen LogP contribution in [0.25, 0.3) is 0 Å². The van der Waals surface area contributed by atoms with Crippen molar-refractivity contribution in [1.82, 2.24) is 0 Å². The fourth-order valence-corrected chi connectivity index (χ4v) is 2.97. The normalized spacial score (nSPS) is 32.0. The van der Waals surface area contributed by atoms with E-state index in [0.717, 1.165) is 5.56 Å². The molecular formula is C17H22O6. The second-order valence-electron chi connectivity index (χ2n) is 6.31. The third kappa shape index (κ3) is 3.79. The molecule has 0 saturated carbocycles. The van der Waals surface area contributed by atoms with Gasteiger partial charge in [0.1, 0.15) is 18.8 Å². The van der Waals surface area contributed by atoms with Gasteiger partial charge in [0.05, 0.1) is 12.7 Å². The SMILES string of the molecule is CC1(C)O[C@H]2O[C@H](CC(=O)CO)[C@H](OCc3ccccc3)[C@H]2O1. The summed E-state index contributed by atoms with van der Waals surface area (Å²) in [7, 11) is 0. The van der Waals surface area contributed by atoms with Gasteiger partial charge in [-0.1, -0.05) is 30.3 Å². The minimum Gasteiger partial charge on any atom is -0.389 e. The third-order valence-electron chi connectivity index (χ3n) is 3.98. The van der Waals surface area contributed by atoms with Crippen LogP contribution in [0.1, 0.15) is 25.8 Å². The highest BCUT2D eigenvalue weighted by Gasteiger charge is 2.55. The average Bonchev–Trinajstić information content (AvgIpc) is 2.97. The van der Waals surface area contributed by atoms with Crippen LogP contribution in [-0.4, -0.2) is 47.9 Å².